The molecule has 0 spiro atoms. The van der Waals surface area contributed by atoms with Gasteiger partial charge in [-0.15, -0.1) is 0 Å². The number of ether oxygens (including phenoxy) is 1. The largest absolute Gasteiger partial charge is 3.00 e. The molecule has 0 unspecified atom stereocenters. The first-order chi connectivity index (χ1) is 8.38. The van der Waals surface area contributed by atoms with Crippen molar-refractivity contribution < 1.29 is 24.8 Å². The molecule has 3 heteroatoms. The normalized spacial score (nSPS) is 15.3. The van der Waals surface area contributed by atoms with Crippen molar-refractivity contribution in [3.63, 3.8) is 0 Å². The van der Waals surface area contributed by atoms with Crippen LogP contribution in [0, 0.1) is 22.0 Å². The van der Waals surface area contributed by atoms with Gasteiger partial charge >= 0.3 is 20.1 Å². The standard InChI is InChI=1S/C15H14NO.2CH3.Ir/c1-17-14-10-8-12-7-9-13(16-15(12)14)11-5-3-2-4-6-11;;;/h2-7,9,14H,1,8,10H2;2*1H3;/q3*-1;+3/t14-;;;/m0.../s1. The Bertz CT molecular complexity index is 528. The zero-order valence-corrected chi connectivity index (χ0v) is 14.3. The molecule has 3 rings (SSSR count). The van der Waals surface area contributed by atoms with Crippen molar-refractivity contribution in [2.45, 2.75) is 18.9 Å². The Labute approximate surface area is 135 Å². The molecule has 0 radical (unpaired) electrons. The van der Waals surface area contributed by atoms with E-state index in [-0.39, 0.29) is 41.1 Å². The summed E-state index contributed by atoms with van der Waals surface area (Å²) in [7, 11) is 3.53. The number of fused-ring (bicyclic) bond motifs is 1. The van der Waals surface area contributed by atoms with Gasteiger partial charge in [-0.1, -0.05) is 36.4 Å². The Morgan fingerprint density at radius 2 is 1.75 bits per heavy atom. The van der Waals surface area contributed by atoms with Gasteiger partial charge in [-0.05, 0) is 24.5 Å². The number of benzene rings is 1. The third-order valence-electron chi connectivity index (χ3n) is 3.26. The van der Waals surface area contributed by atoms with E-state index in [4.69, 9.17) is 9.72 Å². The SMILES string of the molecule is [CH2-]O[C@H]1CCc2ccc(-c3ccccc3)nc21.[CH3-].[CH3-].[Ir+3]. The van der Waals surface area contributed by atoms with Gasteiger partial charge in [0.05, 0.1) is 17.5 Å². The number of nitrogens with zero attached hydrogens (tertiary/aromatic N) is 1. The maximum absolute atomic E-state index is 5.22. The molecule has 1 aromatic heterocycles. The third-order valence-corrected chi connectivity index (χ3v) is 3.26. The zero-order chi connectivity index (χ0) is 11.7. The van der Waals surface area contributed by atoms with Crippen LogP contribution in [0.2, 0.25) is 0 Å². The van der Waals surface area contributed by atoms with Gasteiger partial charge in [0.2, 0.25) is 0 Å². The summed E-state index contributed by atoms with van der Waals surface area (Å²) in [5, 5.41) is 0. The molecule has 2 aromatic rings. The first-order valence-electron chi connectivity index (χ1n) is 5.84. The van der Waals surface area contributed by atoms with Crippen molar-refractivity contribution in [3.8, 4) is 11.3 Å². The molecule has 0 saturated carbocycles. The first-order valence-corrected chi connectivity index (χ1v) is 5.84. The smallest absolute Gasteiger partial charge is 0.548 e. The molecule has 0 amide bonds. The van der Waals surface area contributed by atoms with Crippen LogP contribution in [0.25, 0.3) is 11.3 Å². The van der Waals surface area contributed by atoms with Crippen molar-refractivity contribution in [2.75, 3.05) is 0 Å². The Balaban J connectivity index is 0.00000120. The second-order valence-corrected chi connectivity index (χ2v) is 4.30. The average molecular weight is 447 g/mol. The molecule has 0 saturated heterocycles. The summed E-state index contributed by atoms with van der Waals surface area (Å²) in [6.07, 6.45) is 2.09. The molecule has 2 nitrogen and oxygen atoms in total. The average Bonchev–Trinajstić information content (AvgIpc) is 2.81. The van der Waals surface area contributed by atoms with Crippen LogP contribution in [0.5, 0.6) is 0 Å². The predicted octanol–water partition coefficient (Wildman–Crippen LogP) is 4.44. The minimum Gasteiger partial charge on any atom is -0.548 e. The van der Waals surface area contributed by atoms with E-state index in [9.17, 15) is 0 Å². The molecule has 0 bridgehead atoms. The zero-order valence-electron chi connectivity index (χ0n) is 11.9. The maximum atomic E-state index is 5.22. The molecule has 1 atom stereocenters. The molecule has 1 aliphatic rings. The quantitative estimate of drug-likeness (QED) is 0.637. The number of rotatable bonds is 2. The number of aromatic nitrogens is 1. The number of hydrogen-bond donors (Lipinski definition) is 0. The van der Waals surface area contributed by atoms with Gasteiger partial charge in [-0.2, -0.15) is 0 Å². The number of pyridine rings is 1. The fourth-order valence-corrected chi connectivity index (χ4v) is 2.35. The van der Waals surface area contributed by atoms with Gasteiger partial charge in [0.15, 0.2) is 0 Å². The Morgan fingerprint density at radius 3 is 2.40 bits per heavy atom. The van der Waals surface area contributed by atoms with Gasteiger partial charge in [-0.25, -0.2) is 12.1 Å². The molecule has 1 aliphatic carbocycles. The van der Waals surface area contributed by atoms with Crippen LogP contribution in [0.4, 0.5) is 0 Å². The summed E-state index contributed by atoms with van der Waals surface area (Å²) in [6, 6.07) is 14.5. The van der Waals surface area contributed by atoms with E-state index in [1.54, 1.807) is 0 Å². The van der Waals surface area contributed by atoms with Crippen LogP contribution in [-0.4, -0.2) is 4.98 Å². The van der Waals surface area contributed by atoms with Crippen molar-refractivity contribution in [1.29, 1.82) is 0 Å². The first kappa shape index (κ1) is 19.0. The van der Waals surface area contributed by atoms with Crippen molar-refractivity contribution in [2.24, 2.45) is 0 Å². The molecule has 0 fully saturated rings. The number of aryl methyl sites for hydroxylation is 1. The summed E-state index contributed by atoms with van der Waals surface area (Å²) in [6.45, 7) is 0. The van der Waals surface area contributed by atoms with Crippen LogP contribution in [-0.2, 0) is 31.3 Å². The minimum absolute atomic E-state index is 0. The van der Waals surface area contributed by atoms with E-state index in [0.717, 1.165) is 29.8 Å². The molecular weight excluding hydrogens is 426 g/mol. The molecule has 108 valence electrons. The Hall–Kier alpha value is -1.02. The van der Waals surface area contributed by atoms with E-state index in [0.29, 0.717) is 0 Å². The van der Waals surface area contributed by atoms with Crippen LogP contribution in [0.15, 0.2) is 42.5 Å². The van der Waals surface area contributed by atoms with Gasteiger partial charge in [-0.3, -0.25) is 0 Å². The molecular formula is C17H20IrNO. The molecule has 1 aromatic carbocycles. The topological polar surface area (TPSA) is 22.1 Å². The summed E-state index contributed by atoms with van der Waals surface area (Å²) < 4.78 is 5.22. The Kier molecular flexibility index (Phi) is 7.88. The van der Waals surface area contributed by atoms with Crippen LogP contribution in [0.3, 0.4) is 0 Å². The number of hydrogen-bond acceptors (Lipinski definition) is 2. The third kappa shape index (κ3) is 3.54. The molecule has 0 N–H and O–H groups in total. The summed E-state index contributed by atoms with van der Waals surface area (Å²) in [5.74, 6) is 0. The monoisotopic (exact) mass is 447 g/mol. The van der Waals surface area contributed by atoms with E-state index in [1.165, 1.54) is 5.56 Å². The van der Waals surface area contributed by atoms with Crippen LogP contribution in [0.1, 0.15) is 23.8 Å². The Morgan fingerprint density at radius 1 is 1.05 bits per heavy atom. The molecule has 1 heterocycles. The van der Waals surface area contributed by atoms with Crippen LogP contribution < -0.4 is 0 Å². The van der Waals surface area contributed by atoms with Crippen molar-refractivity contribution in [1.82, 2.24) is 4.98 Å². The van der Waals surface area contributed by atoms with Gasteiger partial charge in [0, 0.05) is 5.56 Å². The van der Waals surface area contributed by atoms with E-state index in [1.807, 2.05) is 18.2 Å². The van der Waals surface area contributed by atoms with E-state index < -0.39 is 0 Å². The van der Waals surface area contributed by atoms with Gasteiger partial charge in [0.1, 0.15) is 0 Å². The van der Waals surface area contributed by atoms with Crippen molar-refractivity contribution in [3.05, 3.63) is 75.7 Å². The predicted molar refractivity (Wildman–Crippen MR) is 80.0 cm³/mol. The summed E-state index contributed by atoms with van der Waals surface area (Å²) in [5.41, 5.74) is 4.50. The van der Waals surface area contributed by atoms with E-state index in [2.05, 4.69) is 31.4 Å². The fourth-order valence-electron chi connectivity index (χ4n) is 2.35. The van der Waals surface area contributed by atoms with E-state index >= 15 is 0 Å². The second-order valence-electron chi connectivity index (χ2n) is 4.30. The maximum Gasteiger partial charge on any atom is 3.00 e. The fraction of sp³-hybridized carbons (Fsp3) is 0.176. The van der Waals surface area contributed by atoms with Gasteiger partial charge < -0.3 is 19.6 Å². The molecule has 0 aliphatic heterocycles. The summed E-state index contributed by atoms with van der Waals surface area (Å²) in [4.78, 5) is 4.71. The minimum atomic E-state index is 0. The summed E-state index contributed by atoms with van der Waals surface area (Å²) >= 11 is 0. The van der Waals surface area contributed by atoms with Gasteiger partial charge in [0.25, 0.3) is 0 Å². The van der Waals surface area contributed by atoms with Crippen molar-refractivity contribution >= 4 is 0 Å². The second kappa shape index (κ2) is 8.31. The van der Waals surface area contributed by atoms with Crippen LogP contribution >= 0.6 is 0 Å². The molecule has 20 heavy (non-hydrogen) atoms.